The third kappa shape index (κ3) is 4.38. The van der Waals surface area contributed by atoms with E-state index >= 15 is 0 Å². The van der Waals surface area contributed by atoms with E-state index in [-0.39, 0.29) is 46.9 Å². The minimum Gasteiger partial charge on any atom is -0.338 e. The van der Waals surface area contributed by atoms with Crippen molar-refractivity contribution in [3.63, 3.8) is 0 Å². The van der Waals surface area contributed by atoms with Crippen molar-refractivity contribution in [1.82, 2.24) is 9.80 Å². The Kier molecular flexibility index (Phi) is 5.55. The fourth-order valence-corrected chi connectivity index (χ4v) is 7.20. The van der Waals surface area contributed by atoms with Gasteiger partial charge in [-0.2, -0.15) is 0 Å². The molecule has 154 valence electrons. The average Bonchev–Trinajstić information content (AvgIpc) is 3.20. The number of nitrogens with zero attached hydrogens (tertiary/aromatic N) is 2. The largest absolute Gasteiger partial charge is 0.338 e. The molecule has 0 spiro atoms. The van der Waals surface area contributed by atoms with Crippen LogP contribution in [0.5, 0.6) is 0 Å². The summed E-state index contributed by atoms with van der Waals surface area (Å²) in [6.07, 6.45) is 0.854. The number of amides is 2. The van der Waals surface area contributed by atoms with Crippen LogP contribution >= 0.6 is 0 Å². The molecule has 2 amide bonds. The molecule has 28 heavy (non-hydrogen) atoms. The fourth-order valence-electron chi connectivity index (χ4n) is 3.66. The molecule has 2 saturated heterocycles. The van der Waals surface area contributed by atoms with Gasteiger partial charge in [-0.3, -0.25) is 9.59 Å². The average molecular weight is 429 g/mol. The first-order valence-corrected chi connectivity index (χ1v) is 12.7. The summed E-state index contributed by atoms with van der Waals surface area (Å²) in [6.45, 7) is 0. The molecule has 0 unspecified atom stereocenters. The molecular weight excluding hydrogens is 404 g/mol. The van der Waals surface area contributed by atoms with Crippen molar-refractivity contribution in [2.45, 2.75) is 24.9 Å². The second-order valence-electron chi connectivity index (χ2n) is 7.52. The third-order valence-electron chi connectivity index (χ3n) is 5.53. The Morgan fingerprint density at radius 1 is 0.750 bits per heavy atom. The Morgan fingerprint density at radius 2 is 1.07 bits per heavy atom. The number of rotatable bonds is 4. The van der Waals surface area contributed by atoms with E-state index in [9.17, 15) is 26.4 Å². The van der Waals surface area contributed by atoms with Crippen LogP contribution in [-0.2, 0) is 19.7 Å². The van der Waals surface area contributed by atoms with Gasteiger partial charge in [0.05, 0.1) is 23.0 Å². The first-order chi connectivity index (χ1) is 13.0. The second-order valence-corrected chi connectivity index (χ2v) is 12.0. The summed E-state index contributed by atoms with van der Waals surface area (Å²) in [7, 11) is -3.01. The normalized spacial score (nSPS) is 25.4. The quantitative estimate of drug-likeness (QED) is 0.678. The van der Waals surface area contributed by atoms with Crippen molar-refractivity contribution in [2.75, 3.05) is 37.1 Å². The van der Waals surface area contributed by atoms with Gasteiger partial charge in [0, 0.05) is 37.3 Å². The summed E-state index contributed by atoms with van der Waals surface area (Å²) in [4.78, 5) is 28.1. The van der Waals surface area contributed by atoms with Crippen LogP contribution in [0.4, 0.5) is 0 Å². The van der Waals surface area contributed by atoms with E-state index < -0.39 is 19.7 Å². The van der Waals surface area contributed by atoms with Gasteiger partial charge >= 0.3 is 0 Å². The van der Waals surface area contributed by atoms with Gasteiger partial charge in [0.15, 0.2) is 19.7 Å². The van der Waals surface area contributed by atoms with E-state index in [0.717, 1.165) is 0 Å². The summed E-state index contributed by atoms with van der Waals surface area (Å²) in [5, 5.41) is 0. The predicted molar refractivity (Wildman–Crippen MR) is 105 cm³/mol. The predicted octanol–water partition coefficient (Wildman–Crippen LogP) is 0.205. The highest BCUT2D eigenvalue weighted by Gasteiger charge is 2.34. The van der Waals surface area contributed by atoms with E-state index in [4.69, 9.17) is 0 Å². The molecule has 1 aromatic carbocycles. The molecule has 2 fully saturated rings. The Bertz CT molecular complexity index is 904. The lowest BCUT2D eigenvalue weighted by molar-refractivity contribution is 0.0735. The van der Waals surface area contributed by atoms with Crippen LogP contribution in [0, 0.1) is 0 Å². The Labute approximate surface area is 165 Å². The van der Waals surface area contributed by atoms with E-state index in [1.54, 1.807) is 14.1 Å². The van der Waals surface area contributed by atoms with Crippen molar-refractivity contribution >= 4 is 31.5 Å². The molecule has 2 heterocycles. The first-order valence-electron chi connectivity index (χ1n) is 9.04. The van der Waals surface area contributed by atoms with Gasteiger partial charge in [-0.25, -0.2) is 16.8 Å². The number of sulfone groups is 2. The zero-order chi connectivity index (χ0) is 20.7. The monoisotopic (exact) mass is 428 g/mol. The zero-order valence-corrected chi connectivity index (χ0v) is 17.5. The van der Waals surface area contributed by atoms with E-state index in [0.29, 0.717) is 24.0 Å². The number of hydrogen-bond donors (Lipinski definition) is 0. The van der Waals surface area contributed by atoms with Crippen molar-refractivity contribution in [2.24, 2.45) is 0 Å². The Balaban J connectivity index is 1.67. The molecule has 3 rings (SSSR count). The van der Waals surface area contributed by atoms with Gasteiger partial charge in [0.2, 0.25) is 0 Å². The molecule has 2 atom stereocenters. The highest BCUT2D eigenvalue weighted by Crippen LogP contribution is 2.21. The molecule has 0 aromatic heterocycles. The fraction of sp³-hybridized carbons (Fsp3) is 0.556. The summed E-state index contributed by atoms with van der Waals surface area (Å²) in [5.74, 6) is -0.465. The lowest BCUT2D eigenvalue weighted by atomic mass is 10.1. The van der Waals surface area contributed by atoms with Crippen LogP contribution in [0.3, 0.4) is 0 Å². The standard InChI is InChI=1S/C18H24N2O6S2/c1-19(15-7-9-27(23,24)11-15)17(21)13-3-5-14(6-4-13)18(22)20(2)16-8-10-28(25,26)12-16/h3-6,15-16H,7-12H2,1-2H3/t15-,16+. The minimum absolute atomic E-state index is 0.0269. The highest BCUT2D eigenvalue weighted by atomic mass is 32.2. The maximum Gasteiger partial charge on any atom is 0.253 e. The summed E-state index contributed by atoms with van der Waals surface area (Å²) >= 11 is 0. The van der Waals surface area contributed by atoms with Gasteiger partial charge in [0.25, 0.3) is 11.8 Å². The molecule has 0 N–H and O–H groups in total. The van der Waals surface area contributed by atoms with Crippen molar-refractivity contribution in [3.8, 4) is 0 Å². The van der Waals surface area contributed by atoms with Gasteiger partial charge < -0.3 is 9.80 Å². The van der Waals surface area contributed by atoms with Gasteiger partial charge in [0.1, 0.15) is 0 Å². The molecule has 0 aliphatic carbocycles. The number of carbonyl (C=O) groups is 2. The maximum absolute atomic E-state index is 12.6. The molecule has 0 saturated carbocycles. The van der Waals surface area contributed by atoms with Crippen molar-refractivity contribution < 1.29 is 26.4 Å². The molecule has 0 radical (unpaired) electrons. The van der Waals surface area contributed by atoms with Crippen molar-refractivity contribution in [1.29, 1.82) is 0 Å². The summed E-state index contributed by atoms with van der Waals surface area (Å²) < 4.78 is 46.5. The van der Waals surface area contributed by atoms with E-state index in [1.807, 2.05) is 0 Å². The summed E-state index contributed by atoms with van der Waals surface area (Å²) in [5.41, 5.74) is 0.740. The van der Waals surface area contributed by atoms with Crippen LogP contribution < -0.4 is 0 Å². The van der Waals surface area contributed by atoms with E-state index in [2.05, 4.69) is 0 Å². The van der Waals surface area contributed by atoms with Crippen molar-refractivity contribution in [3.05, 3.63) is 35.4 Å². The molecule has 0 bridgehead atoms. The molecule has 2 aliphatic heterocycles. The van der Waals surface area contributed by atoms with Gasteiger partial charge in [-0.15, -0.1) is 0 Å². The lowest BCUT2D eigenvalue weighted by Gasteiger charge is -2.24. The minimum atomic E-state index is -3.09. The van der Waals surface area contributed by atoms with E-state index in [1.165, 1.54) is 34.1 Å². The molecular formula is C18H24N2O6S2. The maximum atomic E-state index is 12.6. The van der Waals surface area contributed by atoms with Crippen LogP contribution in [0.2, 0.25) is 0 Å². The van der Waals surface area contributed by atoms with Crippen LogP contribution in [0.25, 0.3) is 0 Å². The SMILES string of the molecule is CN(C(=O)c1ccc(C(=O)N(C)[C@H]2CCS(=O)(=O)C2)cc1)[C@@H]1CCS(=O)(=O)C1. The number of hydrogen-bond acceptors (Lipinski definition) is 6. The Morgan fingerprint density at radius 3 is 1.32 bits per heavy atom. The highest BCUT2D eigenvalue weighted by molar-refractivity contribution is 7.91. The molecule has 8 nitrogen and oxygen atoms in total. The van der Waals surface area contributed by atoms with Gasteiger partial charge in [-0.05, 0) is 37.1 Å². The molecule has 2 aliphatic rings. The molecule has 1 aromatic rings. The Hall–Kier alpha value is -1.94. The summed E-state index contributed by atoms with van der Waals surface area (Å²) in [6, 6.07) is 5.47. The first kappa shape index (κ1) is 20.8. The van der Waals surface area contributed by atoms with Crippen LogP contribution in [-0.4, -0.2) is 87.6 Å². The van der Waals surface area contributed by atoms with Crippen LogP contribution in [0.15, 0.2) is 24.3 Å². The van der Waals surface area contributed by atoms with Crippen LogP contribution in [0.1, 0.15) is 33.6 Å². The third-order valence-corrected chi connectivity index (χ3v) is 9.03. The number of benzene rings is 1. The lowest BCUT2D eigenvalue weighted by Crippen LogP contribution is -2.38. The van der Waals surface area contributed by atoms with Gasteiger partial charge in [-0.1, -0.05) is 0 Å². The number of carbonyl (C=O) groups excluding carboxylic acids is 2. The molecule has 10 heteroatoms. The zero-order valence-electron chi connectivity index (χ0n) is 15.9. The second kappa shape index (κ2) is 7.47. The topological polar surface area (TPSA) is 109 Å². The smallest absolute Gasteiger partial charge is 0.253 e.